The van der Waals surface area contributed by atoms with Gasteiger partial charge in [-0.2, -0.15) is 5.10 Å². The molecule has 0 aliphatic carbocycles. The molecule has 0 aliphatic heterocycles. The highest BCUT2D eigenvalue weighted by atomic mass is 79.9. The fraction of sp³-hybridized carbons (Fsp3) is 0.0588. The van der Waals surface area contributed by atoms with Crippen molar-refractivity contribution in [2.75, 3.05) is 12.4 Å². The van der Waals surface area contributed by atoms with Gasteiger partial charge in [0, 0.05) is 15.7 Å². The van der Waals surface area contributed by atoms with Crippen molar-refractivity contribution >= 4 is 45.6 Å². The van der Waals surface area contributed by atoms with Gasteiger partial charge >= 0.3 is 17.8 Å². The molecular formula is C17H14BrN3O4. The highest BCUT2D eigenvalue weighted by Gasteiger charge is 2.13. The van der Waals surface area contributed by atoms with Crippen molar-refractivity contribution in [1.29, 1.82) is 0 Å². The van der Waals surface area contributed by atoms with Gasteiger partial charge in [-0.15, -0.1) is 0 Å². The molecule has 0 spiro atoms. The first-order valence-corrected chi connectivity index (χ1v) is 7.88. The average Bonchev–Trinajstić information content (AvgIpc) is 2.63. The van der Waals surface area contributed by atoms with Crippen LogP contribution in [0, 0.1) is 0 Å². The van der Waals surface area contributed by atoms with Crippen molar-refractivity contribution in [3.63, 3.8) is 0 Å². The number of rotatable bonds is 4. The number of halogens is 1. The second kappa shape index (κ2) is 8.74. The van der Waals surface area contributed by atoms with Crippen LogP contribution in [0.2, 0.25) is 0 Å². The maximum atomic E-state index is 11.8. The number of methoxy groups -OCH3 is 1. The van der Waals surface area contributed by atoms with Crippen LogP contribution in [-0.2, 0) is 14.3 Å². The van der Waals surface area contributed by atoms with Gasteiger partial charge < -0.3 is 10.1 Å². The Morgan fingerprint density at radius 3 is 2.36 bits per heavy atom. The second-order valence-corrected chi connectivity index (χ2v) is 5.60. The monoisotopic (exact) mass is 403 g/mol. The third-order valence-corrected chi connectivity index (χ3v) is 3.77. The van der Waals surface area contributed by atoms with Crippen LogP contribution in [0.15, 0.2) is 58.1 Å². The van der Waals surface area contributed by atoms with E-state index in [-0.39, 0.29) is 0 Å². The van der Waals surface area contributed by atoms with Gasteiger partial charge in [-0.1, -0.05) is 34.1 Å². The molecule has 0 saturated heterocycles. The van der Waals surface area contributed by atoms with Gasteiger partial charge in [0.2, 0.25) is 0 Å². The van der Waals surface area contributed by atoms with Crippen molar-refractivity contribution < 1.29 is 19.1 Å². The molecule has 128 valence electrons. The summed E-state index contributed by atoms with van der Waals surface area (Å²) in [5, 5.41) is 6.14. The van der Waals surface area contributed by atoms with E-state index in [0.717, 1.165) is 10.0 Å². The SMILES string of the molecule is COC(=O)c1ccc(NC(=O)C(=O)N/N=C\c2ccccc2Br)cc1. The fourth-order valence-electron chi connectivity index (χ4n) is 1.79. The van der Waals surface area contributed by atoms with E-state index in [9.17, 15) is 14.4 Å². The third kappa shape index (κ3) is 5.25. The Bertz CT molecular complexity index is 819. The molecule has 0 unspecified atom stereocenters. The zero-order valence-electron chi connectivity index (χ0n) is 13.2. The Morgan fingerprint density at radius 1 is 1.04 bits per heavy atom. The Hall–Kier alpha value is -3.00. The number of nitrogens with one attached hydrogen (secondary N) is 2. The van der Waals surface area contributed by atoms with Gasteiger partial charge in [-0.25, -0.2) is 10.2 Å². The number of benzene rings is 2. The Balaban J connectivity index is 1.91. The molecule has 0 radical (unpaired) electrons. The van der Waals surface area contributed by atoms with Gasteiger partial charge in [0.05, 0.1) is 18.9 Å². The van der Waals surface area contributed by atoms with E-state index < -0.39 is 17.8 Å². The topological polar surface area (TPSA) is 96.9 Å². The second-order valence-electron chi connectivity index (χ2n) is 4.74. The lowest BCUT2D eigenvalue weighted by Crippen LogP contribution is -2.32. The van der Waals surface area contributed by atoms with Crippen molar-refractivity contribution in [1.82, 2.24) is 5.43 Å². The van der Waals surface area contributed by atoms with E-state index in [2.05, 4.69) is 36.5 Å². The Morgan fingerprint density at radius 2 is 1.72 bits per heavy atom. The molecule has 0 aromatic heterocycles. The summed E-state index contributed by atoms with van der Waals surface area (Å²) in [6.45, 7) is 0. The summed E-state index contributed by atoms with van der Waals surface area (Å²) >= 11 is 3.34. The summed E-state index contributed by atoms with van der Waals surface area (Å²) in [7, 11) is 1.27. The maximum absolute atomic E-state index is 11.8. The number of esters is 1. The minimum absolute atomic E-state index is 0.336. The molecule has 25 heavy (non-hydrogen) atoms. The molecule has 0 fully saturated rings. The standard InChI is InChI=1S/C17H14BrN3O4/c1-25-17(24)11-6-8-13(9-7-11)20-15(22)16(23)21-19-10-12-4-2-3-5-14(12)18/h2-10H,1H3,(H,20,22)(H,21,23)/b19-10-. The van der Waals surface area contributed by atoms with E-state index in [1.54, 1.807) is 6.07 Å². The lowest BCUT2D eigenvalue weighted by molar-refractivity contribution is -0.136. The number of carbonyl (C=O) groups excluding carboxylic acids is 3. The molecule has 2 rings (SSSR count). The summed E-state index contributed by atoms with van der Waals surface area (Å²) < 4.78 is 5.38. The van der Waals surface area contributed by atoms with Crippen LogP contribution in [0.3, 0.4) is 0 Å². The number of hydrogen-bond donors (Lipinski definition) is 2. The van der Waals surface area contributed by atoms with E-state index in [0.29, 0.717) is 11.3 Å². The largest absolute Gasteiger partial charge is 0.465 e. The molecule has 0 bridgehead atoms. The number of hydrogen-bond acceptors (Lipinski definition) is 5. The van der Waals surface area contributed by atoms with Crippen LogP contribution < -0.4 is 10.7 Å². The zero-order valence-corrected chi connectivity index (χ0v) is 14.7. The number of ether oxygens (including phenoxy) is 1. The van der Waals surface area contributed by atoms with Gasteiger partial charge in [0.15, 0.2) is 0 Å². The lowest BCUT2D eigenvalue weighted by atomic mass is 10.2. The van der Waals surface area contributed by atoms with Crippen molar-refractivity contribution in [2.45, 2.75) is 0 Å². The number of carbonyl (C=O) groups is 3. The molecule has 0 heterocycles. The normalized spacial score (nSPS) is 10.3. The number of anilines is 1. The van der Waals surface area contributed by atoms with Crippen LogP contribution in [0.5, 0.6) is 0 Å². The summed E-state index contributed by atoms with van der Waals surface area (Å²) in [4.78, 5) is 34.8. The molecule has 0 aliphatic rings. The van der Waals surface area contributed by atoms with Crippen LogP contribution in [0.4, 0.5) is 5.69 Å². The Kier molecular flexibility index (Phi) is 6.41. The minimum atomic E-state index is -0.916. The highest BCUT2D eigenvalue weighted by molar-refractivity contribution is 9.10. The molecule has 0 atom stereocenters. The van der Waals surface area contributed by atoms with Gasteiger partial charge in [0.25, 0.3) is 0 Å². The van der Waals surface area contributed by atoms with Crippen LogP contribution in [-0.4, -0.2) is 31.1 Å². The minimum Gasteiger partial charge on any atom is -0.465 e. The predicted molar refractivity (Wildman–Crippen MR) is 96.3 cm³/mol. The van der Waals surface area contributed by atoms with Crippen molar-refractivity contribution in [2.24, 2.45) is 5.10 Å². The summed E-state index contributed by atoms with van der Waals surface area (Å²) in [6.07, 6.45) is 1.42. The smallest absolute Gasteiger partial charge is 0.337 e. The average molecular weight is 404 g/mol. The van der Waals surface area contributed by atoms with Crippen LogP contribution in [0.1, 0.15) is 15.9 Å². The maximum Gasteiger partial charge on any atom is 0.337 e. The molecule has 2 amide bonds. The van der Waals surface area contributed by atoms with Crippen LogP contribution in [0.25, 0.3) is 0 Å². The zero-order chi connectivity index (χ0) is 18.2. The van der Waals surface area contributed by atoms with Crippen LogP contribution >= 0.6 is 15.9 Å². The van der Waals surface area contributed by atoms with E-state index in [1.165, 1.54) is 37.6 Å². The van der Waals surface area contributed by atoms with Crippen molar-refractivity contribution in [3.8, 4) is 0 Å². The van der Waals surface area contributed by atoms with E-state index in [1.807, 2.05) is 18.2 Å². The predicted octanol–water partition coefficient (Wildman–Crippen LogP) is 2.32. The summed E-state index contributed by atoms with van der Waals surface area (Å²) in [5.41, 5.74) is 3.59. The molecule has 2 N–H and O–H groups in total. The van der Waals surface area contributed by atoms with Gasteiger partial charge in [-0.3, -0.25) is 9.59 Å². The van der Waals surface area contributed by atoms with Gasteiger partial charge in [0.1, 0.15) is 0 Å². The van der Waals surface area contributed by atoms with E-state index in [4.69, 9.17) is 0 Å². The summed E-state index contributed by atoms with van der Waals surface area (Å²) in [5.74, 6) is -2.28. The number of hydrazone groups is 1. The molecule has 0 saturated carbocycles. The highest BCUT2D eigenvalue weighted by Crippen LogP contribution is 2.13. The quantitative estimate of drug-likeness (QED) is 0.354. The lowest BCUT2D eigenvalue weighted by Gasteiger charge is -2.05. The first kappa shape index (κ1) is 18.3. The summed E-state index contributed by atoms with van der Waals surface area (Å²) in [6, 6.07) is 13.2. The molecule has 2 aromatic carbocycles. The molecule has 8 heteroatoms. The van der Waals surface area contributed by atoms with Crippen molar-refractivity contribution in [3.05, 3.63) is 64.1 Å². The van der Waals surface area contributed by atoms with E-state index >= 15 is 0 Å². The van der Waals surface area contributed by atoms with Gasteiger partial charge in [-0.05, 0) is 30.3 Å². The first-order valence-electron chi connectivity index (χ1n) is 7.08. The number of amides is 2. The first-order chi connectivity index (χ1) is 12.0. The molecular weight excluding hydrogens is 390 g/mol. The molecule has 7 nitrogen and oxygen atoms in total. The molecule has 2 aromatic rings. The number of nitrogens with zero attached hydrogens (tertiary/aromatic N) is 1. The fourth-order valence-corrected chi connectivity index (χ4v) is 2.17. The Labute approximate surface area is 152 Å². The third-order valence-electron chi connectivity index (χ3n) is 3.05.